The van der Waals surface area contributed by atoms with Crippen LogP contribution in [0.1, 0.15) is 27.7 Å². The lowest BCUT2D eigenvalue weighted by Crippen LogP contribution is -2.25. The monoisotopic (exact) mass is 280 g/mol. The molecule has 0 aliphatic carbocycles. The van der Waals surface area contributed by atoms with E-state index in [0.717, 1.165) is 0 Å². The zero-order chi connectivity index (χ0) is 15.3. The average Bonchev–Trinajstić information content (AvgIpc) is 2.37. The summed E-state index contributed by atoms with van der Waals surface area (Å²) in [6.45, 7) is 9.34. The molecule has 0 amide bonds. The molecule has 6 heteroatoms. The molecular weight excluding hydrogens is 256 g/mol. The van der Waals surface area contributed by atoms with E-state index < -0.39 is 4.92 Å². The lowest BCUT2D eigenvalue weighted by Gasteiger charge is -2.25. The fourth-order valence-electron chi connectivity index (χ4n) is 2.32. The van der Waals surface area contributed by atoms with Gasteiger partial charge in [0.25, 0.3) is 0 Å². The SMILES string of the molecule is CNc1ccc([N+](=O)[O-])c(NCC(C(C)C)C(C)C)n1. The highest BCUT2D eigenvalue weighted by atomic mass is 16.6. The molecule has 20 heavy (non-hydrogen) atoms. The number of nitrogens with one attached hydrogen (secondary N) is 2. The summed E-state index contributed by atoms with van der Waals surface area (Å²) in [6.07, 6.45) is 0. The summed E-state index contributed by atoms with van der Waals surface area (Å²) in [4.78, 5) is 14.9. The second kappa shape index (κ2) is 7.07. The Labute approximate surface area is 120 Å². The lowest BCUT2D eigenvalue weighted by molar-refractivity contribution is -0.384. The molecule has 0 aliphatic rings. The molecule has 1 rings (SSSR count). The molecule has 6 nitrogen and oxygen atoms in total. The summed E-state index contributed by atoms with van der Waals surface area (Å²) in [5, 5.41) is 17.1. The van der Waals surface area contributed by atoms with Gasteiger partial charge in [-0.25, -0.2) is 4.98 Å². The summed E-state index contributed by atoms with van der Waals surface area (Å²) in [7, 11) is 1.74. The number of hydrogen-bond donors (Lipinski definition) is 2. The van der Waals surface area contributed by atoms with E-state index in [1.807, 2.05) is 0 Å². The highest BCUT2D eigenvalue weighted by Crippen LogP contribution is 2.26. The van der Waals surface area contributed by atoms with E-state index in [0.29, 0.717) is 35.9 Å². The lowest BCUT2D eigenvalue weighted by atomic mass is 9.85. The van der Waals surface area contributed by atoms with Crippen LogP contribution in [-0.2, 0) is 0 Å². The fourth-order valence-corrected chi connectivity index (χ4v) is 2.32. The van der Waals surface area contributed by atoms with Crippen molar-refractivity contribution in [1.82, 2.24) is 4.98 Å². The minimum Gasteiger partial charge on any atom is -0.373 e. The molecule has 0 unspecified atom stereocenters. The Hall–Kier alpha value is -1.85. The first-order valence-corrected chi connectivity index (χ1v) is 6.93. The molecule has 0 aromatic carbocycles. The number of pyridine rings is 1. The molecule has 0 saturated carbocycles. The number of hydrogen-bond acceptors (Lipinski definition) is 5. The molecule has 0 radical (unpaired) electrons. The molecule has 0 spiro atoms. The molecule has 1 aromatic heterocycles. The van der Waals surface area contributed by atoms with E-state index in [2.05, 4.69) is 43.3 Å². The minimum absolute atomic E-state index is 0.00950. The molecule has 1 aromatic rings. The van der Waals surface area contributed by atoms with Crippen LogP contribution < -0.4 is 10.6 Å². The van der Waals surface area contributed by atoms with Crippen molar-refractivity contribution in [2.24, 2.45) is 17.8 Å². The van der Waals surface area contributed by atoms with Gasteiger partial charge in [-0.3, -0.25) is 10.1 Å². The summed E-state index contributed by atoms with van der Waals surface area (Å²) < 4.78 is 0. The Bertz CT molecular complexity index is 452. The van der Waals surface area contributed by atoms with Gasteiger partial charge in [-0.05, 0) is 23.8 Å². The predicted octanol–water partition coefficient (Wildman–Crippen LogP) is 3.37. The third-order valence-corrected chi connectivity index (χ3v) is 3.54. The number of nitro groups is 1. The van der Waals surface area contributed by atoms with Crippen molar-refractivity contribution >= 4 is 17.3 Å². The predicted molar refractivity (Wildman–Crippen MR) is 82.1 cm³/mol. The molecule has 0 bridgehead atoms. The van der Waals surface area contributed by atoms with E-state index >= 15 is 0 Å². The third kappa shape index (κ3) is 4.08. The van der Waals surface area contributed by atoms with E-state index in [1.165, 1.54) is 6.07 Å². The van der Waals surface area contributed by atoms with Crippen LogP contribution in [0.3, 0.4) is 0 Å². The van der Waals surface area contributed by atoms with Crippen molar-refractivity contribution in [1.29, 1.82) is 0 Å². The van der Waals surface area contributed by atoms with Crippen LogP contribution >= 0.6 is 0 Å². The van der Waals surface area contributed by atoms with Gasteiger partial charge in [-0.15, -0.1) is 0 Å². The molecule has 0 aliphatic heterocycles. The summed E-state index contributed by atoms with van der Waals surface area (Å²) in [5.74, 6) is 2.40. The van der Waals surface area contributed by atoms with Crippen molar-refractivity contribution in [3.63, 3.8) is 0 Å². The first-order valence-electron chi connectivity index (χ1n) is 6.93. The van der Waals surface area contributed by atoms with Crippen LogP contribution in [0.25, 0.3) is 0 Å². The molecule has 0 fully saturated rings. The van der Waals surface area contributed by atoms with Gasteiger partial charge in [-0.1, -0.05) is 27.7 Å². The quantitative estimate of drug-likeness (QED) is 0.591. The second-order valence-corrected chi connectivity index (χ2v) is 5.60. The number of nitrogens with zero attached hydrogens (tertiary/aromatic N) is 2. The molecule has 0 atom stereocenters. The Balaban J connectivity index is 2.92. The van der Waals surface area contributed by atoms with Gasteiger partial charge in [0, 0.05) is 19.7 Å². The van der Waals surface area contributed by atoms with Crippen LogP contribution in [0, 0.1) is 27.9 Å². The minimum atomic E-state index is -0.408. The van der Waals surface area contributed by atoms with Crippen LogP contribution in [0.15, 0.2) is 12.1 Å². The van der Waals surface area contributed by atoms with Crippen LogP contribution in [0.5, 0.6) is 0 Å². The Kier molecular flexibility index (Phi) is 5.73. The molecular formula is C14H24N4O2. The molecule has 112 valence electrons. The zero-order valence-electron chi connectivity index (χ0n) is 12.8. The fraction of sp³-hybridized carbons (Fsp3) is 0.643. The molecule has 0 saturated heterocycles. The largest absolute Gasteiger partial charge is 0.373 e. The van der Waals surface area contributed by atoms with Crippen LogP contribution in [-0.4, -0.2) is 23.5 Å². The van der Waals surface area contributed by atoms with E-state index in [4.69, 9.17) is 0 Å². The maximum atomic E-state index is 11.0. The van der Waals surface area contributed by atoms with Gasteiger partial charge < -0.3 is 10.6 Å². The smallest absolute Gasteiger partial charge is 0.311 e. The summed E-state index contributed by atoms with van der Waals surface area (Å²) in [5.41, 5.74) is 0.00950. The van der Waals surface area contributed by atoms with Gasteiger partial charge in [0.15, 0.2) is 0 Å². The van der Waals surface area contributed by atoms with E-state index in [9.17, 15) is 10.1 Å². The maximum absolute atomic E-state index is 11.0. The Morgan fingerprint density at radius 1 is 1.25 bits per heavy atom. The van der Waals surface area contributed by atoms with Crippen molar-refractivity contribution in [3.8, 4) is 0 Å². The number of rotatable bonds is 7. The van der Waals surface area contributed by atoms with E-state index in [1.54, 1.807) is 13.1 Å². The Morgan fingerprint density at radius 3 is 2.30 bits per heavy atom. The van der Waals surface area contributed by atoms with Crippen LogP contribution in [0.2, 0.25) is 0 Å². The van der Waals surface area contributed by atoms with Crippen molar-refractivity contribution in [3.05, 3.63) is 22.2 Å². The zero-order valence-corrected chi connectivity index (χ0v) is 12.8. The topological polar surface area (TPSA) is 80.1 Å². The van der Waals surface area contributed by atoms with Crippen molar-refractivity contribution < 1.29 is 4.92 Å². The first kappa shape index (κ1) is 16.2. The molecule has 1 heterocycles. The summed E-state index contributed by atoms with van der Waals surface area (Å²) >= 11 is 0. The third-order valence-electron chi connectivity index (χ3n) is 3.54. The van der Waals surface area contributed by atoms with Gasteiger partial charge in [-0.2, -0.15) is 0 Å². The van der Waals surface area contributed by atoms with Gasteiger partial charge in [0.2, 0.25) is 5.82 Å². The van der Waals surface area contributed by atoms with Gasteiger partial charge in [0.05, 0.1) is 4.92 Å². The Morgan fingerprint density at radius 2 is 1.85 bits per heavy atom. The normalized spacial score (nSPS) is 11.2. The van der Waals surface area contributed by atoms with E-state index in [-0.39, 0.29) is 5.69 Å². The second-order valence-electron chi connectivity index (χ2n) is 5.60. The molecule has 2 N–H and O–H groups in total. The standard InChI is InChI=1S/C14H24N4O2/c1-9(2)11(10(3)4)8-16-14-12(18(19)20)6-7-13(15-5)17-14/h6-7,9-11H,8H2,1-5H3,(H2,15,16,17). The number of anilines is 2. The summed E-state index contributed by atoms with van der Waals surface area (Å²) in [6, 6.07) is 3.08. The van der Waals surface area contributed by atoms with Crippen molar-refractivity contribution in [2.75, 3.05) is 24.2 Å². The highest BCUT2D eigenvalue weighted by Gasteiger charge is 2.20. The number of aromatic nitrogens is 1. The first-order chi connectivity index (χ1) is 9.36. The van der Waals surface area contributed by atoms with Gasteiger partial charge >= 0.3 is 5.69 Å². The average molecular weight is 280 g/mol. The van der Waals surface area contributed by atoms with Gasteiger partial charge in [0.1, 0.15) is 5.82 Å². The van der Waals surface area contributed by atoms with Crippen molar-refractivity contribution in [2.45, 2.75) is 27.7 Å². The highest BCUT2D eigenvalue weighted by molar-refractivity contribution is 5.60. The maximum Gasteiger partial charge on any atom is 0.311 e. The van der Waals surface area contributed by atoms with Crippen LogP contribution in [0.4, 0.5) is 17.3 Å².